The van der Waals surface area contributed by atoms with Crippen molar-refractivity contribution in [3.63, 3.8) is 0 Å². The van der Waals surface area contributed by atoms with Crippen molar-refractivity contribution < 1.29 is 24.1 Å². The Kier molecular flexibility index (Phi) is 4.42. The maximum absolute atomic E-state index is 13.7. The van der Waals surface area contributed by atoms with Gasteiger partial charge in [0.25, 0.3) is 0 Å². The van der Waals surface area contributed by atoms with Gasteiger partial charge in [-0.3, -0.25) is 4.99 Å². The number of aromatic nitrogens is 2. The zero-order chi connectivity index (χ0) is 22.9. The van der Waals surface area contributed by atoms with E-state index in [1.807, 2.05) is 23.8 Å². The summed E-state index contributed by atoms with van der Waals surface area (Å²) >= 11 is 0. The maximum Gasteiger partial charge on any atom is 0.165 e. The van der Waals surface area contributed by atoms with E-state index < -0.39 is 36.0 Å². The van der Waals surface area contributed by atoms with E-state index in [1.165, 1.54) is 6.07 Å². The quantitative estimate of drug-likeness (QED) is 0.479. The molecule has 6 rings (SSSR count). The number of nitrogens with zero attached hydrogens (tertiary/aromatic N) is 3. The Labute approximate surface area is 188 Å². The molecular formula is C23H24FN5O4. The van der Waals surface area contributed by atoms with E-state index in [2.05, 4.69) is 15.3 Å². The number of hydrogen-bond acceptors (Lipinski definition) is 8. The second kappa shape index (κ2) is 7.14. The lowest BCUT2D eigenvalue weighted by atomic mass is 9.94. The molecule has 2 aliphatic heterocycles. The Morgan fingerprint density at radius 2 is 2.18 bits per heavy atom. The SMILES string of the molecule is CC1=NCNc2c1ccn2[C@@H]1O[C@@H]2[C@@H](Oc3ccc4cc(F)c(N)nc4c3)CC[C@]2(O)[C@H]1O. The van der Waals surface area contributed by atoms with Gasteiger partial charge in [0.05, 0.1) is 5.52 Å². The normalized spacial score (nSPS) is 30.6. The molecule has 0 amide bonds. The van der Waals surface area contributed by atoms with Gasteiger partial charge in [-0.2, -0.15) is 0 Å². The molecule has 9 nitrogen and oxygen atoms in total. The Balaban J connectivity index is 1.27. The summed E-state index contributed by atoms with van der Waals surface area (Å²) in [7, 11) is 0. The van der Waals surface area contributed by atoms with Crippen LogP contribution in [0.1, 0.15) is 31.6 Å². The number of aliphatic imine (C=N–C) groups is 1. The molecule has 1 saturated heterocycles. The monoisotopic (exact) mass is 453 g/mol. The highest BCUT2D eigenvalue weighted by atomic mass is 19.1. The highest BCUT2D eigenvalue weighted by molar-refractivity contribution is 6.04. The van der Waals surface area contributed by atoms with Gasteiger partial charge in [0.15, 0.2) is 17.9 Å². The molecule has 2 aromatic heterocycles. The van der Waals surface area contributed by atoms with Gasteiger partial charge in [-0.1, -0.05) is 0 Å². The molecule has 33 heavy (non-hydrogen) atoms. The van der Waals surface area contributed by atoms with Crippen molar-refractivity contribution in [3.8, 4) is 5.75 Å². The van der Waals surface area contributed by atoms with Crippen LogP contribution in [0, 0.1) is 5.82 Å². The number of nitrogens with two attached hydrogens (primary N) is 1. The molecule has 3 aromatic rings. The molecule has 0 bridgehead atoms. The van der Waals surface area contributed by atoms with Gasteiger partial charge < -0.3 is 35.3 Å². The first-order valence-electron chi connectivity index (χ1n) is 10.9. The van der Waals surface area contributed by atoms with Crippen LogP contribution in [-0.4, -0.2) is 56.1 Å². The predicted octanol–water partition coefficient (Wildman–Crippen LogP) is 2.18. The van der Waals surface area contributed by atoms with E-state index >= 15 is 0 Å². The van der Waals surface area contributed by atoms with Crippen molar-refractivity contribution in [1.82, 2.24) is 9.55 Å². The van der Waals surface area contributed by atoms with Gasteiger partial charge in [-0.15, -0.1) is 0 Å². The van der Waals surface area contributed by atoms with Crippen LogP contribution in [0.5, 0.6) is 5.75 Å². The third kappa shape index (κ3) is 3.01. The number of nitrogens with one attached hydrogen (secondary N) is 1. The van der Waals surface area contributed by atoms with E-state index in [0.717, 1.165) is 17.1 Å². The summed E-state index contributed by atoms with van der Waals surface area (Å²) in [6.07, 6.45) is -0.432. The third-order valence-electron chi connectivity index (χ3n) is 6.93. The van der Waals surface area contributed by atoms with Gasteiger partial charge in [0.1, 0.15) is 42.1 Å². The van der Waals surface area contributed by atoms with Crippen molar-refractivity contribution in [1.29, 1.82) is 0 Å². The predicted molar refractivity (Wildman–Crippen MR) is 120 cm³/mol. The van der Waals surface area contributed by atoms with Crippen LogP contribution in [-0.2, 0) is 4.74 Å². The first-order chi connectivity index (χ1) is 15.8. The molecule has 0 unspecified atom stereocenters. The van der Waals surface area contributed by atoms with Crippen molar-refractivity contribution in [2.45, 2.75) is 49.9 Å². The van der Waals surface area contributed by atoms with Crippen LogP contribution in [0.4, 0.5) is 16.0 Å². The zero-order valence-electron chi connectivity index (χ0n) is 17.9. The van der Waals surface area contributed by atoms with Crippen LogP contribution >= 0.6 is 0 Å². The summed E-state index contributed by atoms with van der Waals surface area (Å²) in [5, 5.41) is 26.2. The molecule has 1 saturated carbocycles. The molecular weight excluding hydrogens is 429 g/mol. The summed E-state index contributed by atoms with van der Waals surface area (Å²) in [4.78, 5) is 8.46. The van der Waals surface area contributed by atoms with Crippen LogP contribution in [0.2, 0.25) is 0 Å². The van der Waals surface area contributed by atoms with Crippen LogP contribution in [0.25, 0.3) is 10.9 Å². The summed E-state index contributed by atoms with van der Waals surface area (Å²) < 4.78 is 27.9. The number of ether oxygens (including phenoxy) is 2. The lowest BCUT2D eigenvalue weighted by Gasteiger charge is -2.26. The third-order valence-corrected chi connectivity index (χ3v) is 6.93. The first kappa shape index (κ1) is 20.4. The Morgan fingerprint density at radius 3 is 3.03 bits per heavy atom. The van der Waals surface area contributed by atoms with Crippen LogP contribution < -0.4 is 15.8 Å². The molecule has 1 aliphatic carbocycles. The minimum atomic E-state index is -1.44. The highest BCUT2D eigenvalue weighted by Gasteiger charge is 2.63. The van der Waals surface area contributed by atoms with Crippen molar-refractivity contribution >= 4 is 28.3 Å². The van der Waals surface area contributed by atoms with Crippen LogP contribution in [0.3, 0.4) is 0 Å². The Hall–Kier alpha value is -3.21. The average molecular weight is 453 g/mol. The number of nitrogen functional groups attached to an aromatic ring is 1. The number of hydrogen-bond donors (Lipinski definition) is 4. The molecule has 0 spiro atoms. The van der Waals surface area contributed by atoms with Crippen molar-refractivity contribution in [3.05, 3.63) is 47.9 Å². The molecule has 0 radical (unpaired) electrons. The fraction of sp³-hybridized carbons (Fsp3) is 0.391. The topological polar surface area (TPSA) is 127 Å². The molecule has 2 fully saturated rings. The van der Waals surface area contributed by atoms with Gasteiger partial charge in [0, 0.05) is 28.9 Å². The molecule has 5 atom stereocenters. The van der Waals surface area contributed by atoms with Crippen molar-refractivity contribution in [2.24, 2.45) is 4.99 Å². The number of pyridine rings is 1. The Morgan fingerprint density at radius 1 is 1.33 bits per heavy atom. The fourth-order valence-corrected chi connectivity index (χ4v) is 5.16. The lowest BCUT2D eigenvalue weighted by molar-refractivity contribution is -0.0792. The maximum atomic E-state index is 13.7. The fourth-order valence-electron chi connectivity index (χ4n) is 5.16. The van der Waals surface area contributed by atoms with Gasteiger partial charge in [-0.05, 0) is 44.0 Å². The summed E-state index contributed by atoms with van der Waals surface area (Å²) in [5.41, 5.74) is 6.51. The summed E-state index contributed by atoms with van der Waals surface area (Å²) in [6.45, 7) is 2.37. The molecule has 172 valence electrons. The van der Waals surface area contributed by atoms with Crippen LogP contribution in [0.15, 0.2) is 41.5 Å². The molecule has 5 N–H and O–H groups in total. The molecule has 4 heterocycles. The summed E-state index contributed by atoms with van der Waals surface area (Å²) in [5.74, 6) is 0.560. The van der Waals surface area contributed by atoms with E-state index in [-0.39, 0.29) is 5.82 Å². The smallest absolute Gasteiger partial charge is 0.165 e. The van der Waals surface area contributed by atoms with E-state index in [4.69, 9.17) is 15.2 Å². The van der Waals surface area contributed by atoms with Gasteiger partial charge >= 0.3 is 0 Å². The number of anilines is 2. The minimum absolute atomic E-state index is 0.177. The zero-order valence-corrected chi connectivity index (χ0v) is 17.9. The van der Waals surface area contributed by atoms with Gasteiger partial charge in [0.2, 0.25) is 0 Å². The number of aliphatic hydroxyl groups excluding tert-OH is 1. The molecule has 3 aliphatic rings. The van der Waals surface area contributed by atoms with E-state index in [0.29, 0.717) is 36.2 Å². The number of benzene rings is 1. The second-order valence-electron chi connectivity index (χ2n) is 8.85. The number of aliphatic hydroxyl groups is 2. The highest BCUT2D eigenvalue weighted by Crippen LogP contribution is 2.49. The summed E-state index contributed by atoms with van der Waals surface area (Å²) in [6, 6.07) is 8.35. The molecule has 1 aromatic carbocycles. The van der Waals surface area contributed by atoms with E-state index in [1.54, 1.807) is 18.2 Å². The lowest BCUT2D eigenvalue weighted by Crippen LogP contribution is -2.47. The Bertz CT molecular complexity index is 1290. The van der Waals surface area contributed by atoms with E-state index in [9.17, 15) is 14.6 Å². The second-order valence-corrected chi connectivity index (χ2v) is 8.85. The number of rotatable bonds is 3. The molecule has 10 heteroatoms. The largest absolute Gasteiger partial charge is 0.488 e. The average Bonchev–Trinajstić information content (AvgIpc) is 3.42. The van der Waals surface area contributed by atoms with Crippen molar-refractivity contribution in [2.75, 3.05) is 17.7 Å². The standard InChI is InChI=1S/C23H24FN5O4/c1-11-14-5-7-29(21(14)27-10-26-11)22-18(30)23(31)6-4-17(19(23)33-22)32-13-3-2-12-8-15(24)20(25)28-16(12)9-13/h2-3,5,7-9,17-19,22,27,30-31H,4,6,10H2,1H3,(H2,25,28)/t17-,18-,19+,22+,23-/m0/s1. The minimum Gasteiger partial charge on any atom is -0.488 e. The first-order valence-corrected chi connectivity index (χ1v) is 10.9. The number of halogens is 1. The van der Waals surface area contributed by atoms with Gasteiger partial charge in [-0.25, -0.2) is 9.37 Å². The number of fused-ring (bicyclic) bond motifs is 3.